The van der Waals surface area contributed by atoms with Crippen molar-refractivity contribution in [3.05, 3.63) is 20.8 Å². The van der Waals surface area contributed by atoms with Gasteiger partial charge < -0.3 is 4.74 Å². The predicted molar refractivity (Wildman–Crippen MR) is 60.3 cm³/mol. The van der Waals surface area contributed by atoms with Gasteiger partial charge in [0.05, 0.1) is 10.9 Å². The van der Waals surface area contributed by atoms with E-state index in [1.807, 2.05) is 12.1 Å². The van der Waals surface area contributed by atoms with Crippen LogP contribution in [0.25, 0.3) is 0 Å². The first kappa shape index (κ1) is 11.7. The third-order valence-electron chi connectivity index (χ3n) is 1.77. The molecule has 1 unspecified atom stereocenters. The number of carbonyl (C=O) groups excluding carboxylic acids is 1. The van der Waals surface area contributed by atoms with E-state index >= 15 is 0 Å². The van der Waals surface area contributed by atoms with Gasteiger partial charge in [-0.2, -0.15) is 0 Å². The van der Waals surface area contributed by atoms with Gasteiger partial charge in [0.15, 0.2) is 0 Å². The zero-order valence-corrected chi connectivity index (χ0v) is 10.4. The van der Waals surface area contributed by atoms with Gasteiger partial charge in [-0.25, -0.2) is 0 Å². The van der Waals surface area contributed by atoms with E-state index in [1.165, 1.54) is 12.0 Å². The highest BCUT2D eigenvalue weighted by atomic mass is 79.9. The molecule has 0 fully saturated rings. The minimum atomic E-state index is -0.263. The average Bonchev–Trinajstić information content (AvgIpc) is 2.59. The minimum absolute atomic E-state index is 0.236. The summed E-state index contributed by atoms with van der Waals surface area (Å²) in [6.45, 7) is 2.47. The van der Waals surface area contributed by atoms with Gasteiger partial charge in [-0.1, -0.05) is 0 Å². The van der Waals surface area contributed by atoms with Crippen molar-refractivity contribution in [1.82, 2.24) is 5.32 Å². The maximum atomic E-state index is 11.0. The first-order chi connectivity index (χ1) is 6.63. The van der Waals surface area contributed by atoms with Crippen LogP contribution in [0.2, 0.25) is 0 Å². The van der Waals surface area contributed by atoms with Crippen LogP contribution in [0.4, 0.5) is 0 Å². The number of thiophene rings is 1. The molecule has 1 rings (SSSR count). The fourth-order valence-corrected chi connectivity index (χ4v) is 2.39. The van der Waals surface area contributed by atoms with Crippen molar-refractivity contribution in [3.8, 4) is 0 Å². The molecule has 0 amide bonds. The number of carbonyl (C=O) groups is 1. The molecule has 0 spiro atoms. The van der Waals surface area contributed by atoms with E-state index in [2.05, 4.69) is 26.0 Å². The Morgan fingerprint density at radius 3 is 2.93 bits per heavy atom. The Kier molecular flexibility index (Phi) is 4.57. The van der Waals surface area contributed by atoms with Crippen LogP contribution in [-0.4, -0.2) is 19.1 Å². The van der Waals surface area contributed by atoms with Gasteiger partial charge in [0, 0.05) is 11.4 Å². The largest absolute Gasteiger partial charge is 0.468 e. The van der Waals surface area contributed by atoms with Crippen molar-refractivity contribution in [1.29, 1.82) is 0 Å². The van der Waals surface area contributed by atoms with Gasteiger partial charge in [-0.15, -0.1) is 11.3 Å². The quantitative estimate of drug-likeness (QED) is 0.858. The van der Waals surface area contributed by atoms with Gasteiger partial charge in [-0.05, 0) is 35.0 Å². The maximum Gasteiger partial charge on any atom is 0.322 e. The van der Waals surface area contributed by atoms with E-state index in [9.17, 15) is 4.79 Å². The van der Waals surface area contributed by atoms with Gasteiger partial charge in [0.2, 0.25) is 0 Å². The second-order valence-corrected chi connectivity index (χ2v) is 5.38. The average molecular weight is 278 g/mol. The Hall–Kier alpha value is -0.390. The predicted octanol–water partition coefficient (Wildman–Crippen LogP) is 2.16. The third-order valence-corrected chi connectivity index (χ3v) is 3.39. The third kappa shape index (κ3) is 3.40. The molecule has 1 N–H and O–H groups in total. The molecule has 5 heteroatoms. The van der Waals surface area contributed by atoms with Crippen molar-refractivity contribution in [2.45, 2.75) is 19.5 Å². The van der Waals surface area contributed by atoms with Crippen molar-refractivity contribution >= 4 is 33.2 Å². The second kappa shape index (κ2) is 5.48. The molecule has 0 aliphatic carbocycles. The van der Waals surface area contributed by atoms with Crippen molar-refractivity contribution in [2.75, 3.05) is 7.11 Å². The lowest BCUT2D eigenvalue weighted by atomic mass is 10.3. The molecule has 3 nitrogen and oxygen atoms in total. The molecule has 0 aliphatic heterocycles. The summed E-state index contributed by atoms with van der Waals surface area (Å²) in [5.41, 5.74) is 0. The molecule has 0 aromatic carbocycles. The molecule has 0 bridgehead atoms. The van der Waals surface area contributed by atoms with Crippen LogP contribution in [0.5, 0.6) is 0 Å². The number of halogens is 1. The summed E-state index contributed by atoms with van der Waals surface area (Å²) in [6.07, 6.45) is 0. The van der Waals surface area contributed by atoms with Crippen LogP contribution in [0.15, 0.2) is 15.9 Å². The maximum absolute atomic E-state index is 11.0. The highest BCUT2D eigenvalue weighted by Crippen LogP contribution is 2.21. The van der Waals surface area contributed by atoms with E-state index in [-0.39, 0.29) is 12.0 Å². The molecular weight excluding hydrogens is 266 g/mol. The molecule has 0 aliphatic rings. The molecule has 14 heavy (non-hydrogen) atoms. The lowest BCUT2D eigenvalue weighted by Gasteiger charge is -2.09. The molecule has 78 valence electrons. The van der Waals surface area contributed by atoms with Crippen molar-refractivity contribution in [2.24, 2.45) is 0 Å². The molecular formula is C9H12BrNO2S. The van der Waals surface area contributed by atoms with Crippen LogP contribution >= 0.6 is 27.3 Å². The molecule has 0 radical (unpaired) electrons. The number of nitrogens with one attached hydrogen (secondary N) is 1. The Morgan fingerprint density at radius 1 is 1.71 bits per heavy atom. The van der Waals surface area contributed by atoms with Crippen LogP contribution in [0, 0.1) is 0 Å². The van der Waals surface area contributed by atoms with Gasteiger partial charge in [0.25, 0.3) is 0 Å². The second-order valence-electron chi connectivity index (χ2n) is 2.83. The van der Waals surface area contributed by atoms with E-state index in [1.54, 1.807) is 18.3 Å². The number of ether oxygens (including phenoxy) is 1. The first-order valence-electron chi connectivity index (χ1n) is 4.19. The molecule has 1 heterocycles. The summed E-state index contributed by atoms with van der Waals surface area (Å²) in [7, 11) is 1.39. The smallest absolute Gasteiger partial charge is 0.322 e. The Bertz CT molecular complexity index is 314. The zero-order valence-electron chi connectivity index (χ0n) is 8.04. The molecule has 1 aromatic heterocycles. The van der Waals surface area contributed by atoms with Crippen molar-refractivity contribution < 1.29 is 9.53 Å². The Morgan fingerprint density at radius 2 is 2.43 bits per heavy atom. The minimum Gasteiger partial charge on any atom is -0.468 e. The summed E-state index contributed by atoms with van der Waals surface area (Å²) in [5, 5.41) is 3.08. The summed E-state index contributed by atoms with van der Waals surface area (Å²) in [6, 6.07) is 3.75. The van der Waals surface area contributed by atoms with E-state index in [4.69, 9.17) is 0 Å². The van der Waals surface area contributed by atoms with Crippen LogP contribution in [0.1, 0.15) is 11.8 Å². The SMILES string of the molecule is COC(=O)C(C)NCc1ccc(Br)s1. The van der Waals surface area contributed by atoms with Crippen LogP contribution in [0.3, 0.4) is 0 Å². The van der Waals surface area contributed by atoms with E-state index in [0.717, 1.165) is 3.79 Å². The highest BCUT2D eigenvalue weighted by molar-refractivity contribution is 9.11. The fraction of sp³-hybridized carbons (Fsp3) is 0.444. The lowest BCUT2D eigenvalue weighted by molar-refractivity contribution is -0.142. The topological polar surface area (TPSA) is 38.3 Å². The molecule has 1 atom stereocenters. The van der Waals surface area contributed by atoms with Gasteiger partial charge in [0.1, 0.15) is 6.04 Å². The highest BCUT2D eigenvalue weighted by Gasteiger charge is 2.11. The van der Waals surface area contributed by atoms with E-state index < -0.39 is 0 Å². The molecule has 0 saturated carbocycles. The van der Waals surface area contributed by atoms with Gasteiger partial charge in [-0.3, -0.25) is 10.1 Å². The summed E-state index contributed by atoms with van der Waals surface area (Å²) in [5.74, 6) is -0.236. The summed E-state index contributed by atoms with van der Waals surface area (Å²) in [4.78, 5) is 12.2. The number of hydrogen-bond acceptors (Lipinski definition) is 4. The van der Waals surface area contributed by atoms with Crippen molar-refractivity contribution in [3.63, 3.8) is 0 Å². The standard InChI is InChI=1S/C9H12BrNO2S/c1-6(9(12)13-2)11-5-7-3-4-8(10)14-7/h3-4,6,11H,5H2,1-2H3. The Labute approximate surface area is 95.6 Å². The first-order valence-corrected chi connectivity index (χ1v) is 5.80. The van der Waals surface area contributed by atoms with Crippen LogP contribution < -0.4 is 5.32 Å². The summed E-state index contributed by atoms with van der Waals surface area (Å²) < 4.78 is 5.70. The Balaban J connectivity index is 2.37. The number of rotatable bonds is 4. The fourth-order valence-electron chi connectivity index (χ4n) is 0.961. The lowest BCUT2D eigenvalue weighted by Crippen LogP contribution is -2.34. The van der Waals surface area contributed by atoms with Crippen LogP contribution in [-0.2, 0) is 16.1 Å². The number of hydrogen-bond donors (Lipinski definition) is 1. The van der Waals surface area contributed by atoms with Gasteiger partial charge >= 0.3 is 5.97 Å². The molecule has 1 aromatic rings. The normalized spacial score (nSPS) is 12.5. The number of methoxy groups -OCH3 is 1. The summed E-state index contributed by atoms with van der Waals surface area (Å²) >= 11 is 5.03. The van der Waals surface area contributed by atoms with E-state index in [0.29, 0.717) is 6.54 Å². The molecule has 0 saturated heterocycles. The monoisotopic (exact) mass is 277 g/mol. The number of esters is 1. The zero-order chi connectivity index (χ0) is 10.6.